The zero-order valence-electron chi connectivity index (χ0n) is 12.2. The monoisotopic (exact) mass is 269 g/mol. The summed E-state index contributed by atoms with van der Waals surface area (Å²) >= 11 is 0. The Kier molecular flexibility index (Phi) is 4.81. The third kappa shape index (κ3) is 3.09. The van der Waals surface area contributed by atoms with Crippen molar-refractivity contribution in [3.05, 3.63) is 0 Å². The van der Waals surface area contributed by atoms with Gasteiger partial charge in [0.25, 0.3) is 5.91 Å². The summed E-state index contributed by atoms with van der Waals surface area (Å²) < 4.78 is 5.65. The predicted molar refractivity (Wildman–Crippen MR) is 74.9 cm³/mol. The fourth-order valence-electron chi connectivity index (χ4n) is 3.15. The van der Waals surface area contributed by atoms with Gasteiger partial charge in [-0.3, -0.25) is 9.69 Å². The molecule has 0 radical (unpaired) electrons. The Morgan fingerprint density at radius 2 is 2.05 bits per heavy atom. The van der Waals surface area contributed by atoms with Gasteiger partial charge >= 0.3 is 0 Å². The molecular weight excluding hydrogens is 242 g/mol. The number of hydrogen-bond donors (Lipinski definition) is 1. The fourth-order valence-corrected chi connectivity index (χ4v) is 3.15. The van der Waals surface area contributed by atoms with E-state index in [9.17, 15) is 4.79 Å². The highest BCUT2D eigenvalue weighted by Gasteiger charge is 2.41. The number of nitrogens with two attached hydrogens (primary N) is 1. The molecule has 2 aliphatic rings. The summed E-state index contributed by atoms with van der Waals surface area (Å²) in [5, 5.41) is 0. The molecule has 2 heterocycles. The number of carbonyl (C=O) groups excluding carboxylic acids is 1. The highest BCUT2D eigenvalue weighted by Crippen LogP contribution is 2.27. The van der Waals surface area contributed by atoms with E-state index in [1.807, 2.05) is 11.8 Å². The molecule has 0 aliphatic carbocycles. The van der Waals surface area contributed by atoms with Crippen molar-refractivity contribution >= 4 is 5.91 Å². The summed E-state index contributed by atoms with van der Waals surface area (Å²) in [6.07, 6.45) is 2.92. The number of amides is 1. The molecule has 110 valence electrons. The van der Waals surface area contributed by atoms with Crippen LogP contribution in [-0.2, 0) is 9.53 Å². The molecule has 0 bridgehead atoms. The summed E-state index contributed by atoms with van der Waals surface area (Å²) in [4.78, 5) is 16.9. The minimum atomic E-state index is -0.569. The highest BCUT2D eigenvalue weighted by molar-refractivity contribution is 5.85. The Morgan fingerprint density at radius 3 is 2.53 bits per heavy atom. The Labute approximate surface area is 116 Å². The van der Waals surface area contributed by atoms with Crippen molar-refractivity contribution in [3.8, 4) is 0 Å². The summed E-state index contributed by atoms with van der Waals surface area (Å²) in [7, 11) is 0. The van der Waals surface area contributed by atoms with Crippen molar-refractivity contribution in [3.63, 3.8) is 0 Å². The second-order valence-electron chi connectivity index (χ2n) is 5.81. The van der Waals surface area contributed by atoms with Crippen LogP contribution in [0, 0.1) is 0 Å². The maximum absolute atomic E-state index is 12.5. The molecule has 2 aliphatic heterocycles. The molecule has 2 atom stereocenters. The fraction of sp³-hybridized carbons (Fsp3) is 0.929. The number of nitrogens with zero attached hydrogens (tertiary/aromatic N) is 2. The molecule has 2 rings (SSSR count). The van der Waals surface area contributed by atoms with E-state index in [2.05, 4.69) is 11.8 Å². The van der Waals surface area contributed by atoms with Crippen molar-refractivity contribution < 1.29 is 9.53 Å². The quantitative estimate of drug-likeness (QED) is 0.804. The van der Waals surface area contributed by atoms with Gasteiger partial charge in [-0.2, -0.15) is 0 Å². The Bertz CT molecular complexity index is 304. The molecule has 19 heavy (non-hydrogen) atoms. The van der Waals surface area contributed by atoms with Crippen LogP contribution in [-0.4, -0.2) is 66.7 Å². The van der Waals surface area contributed by atoms with Crippen LogP contribution in [0.1, 0.15) is 33.1 Å². The zero-order valence-corrected chi connectivity index (χ0v) is 12.2. The van der Waals surface area contributed by atoms with Gasteiger partial charge in [0, 0.05) is 45.4 Å². The van der Waals surface area contributed by atoms with Crippen LogP contribution in [0.2, 0.25) is 0 Å². The zero-order chi connectivity index (χ0) is 13.9. The molecule has 0 saturated carbocycles. The Morgan fingerprint density at radius 1 is 1.37 bits per heavy atom. The molecule has 0 aromatic heterocycles. The van der Waals surface area contributed by atoms with Gasteiger partial charge in [0.2, 0.25) is 0 Å². The SMILES string of the molecule is CCC(CN)N1CCN(C(=O)C2(C)CCCO2)CC1. The normalized spacial score (nSPS) is 30.6. The molecule has 0 aromatic carbocycles. The first kappa shape index (κ1) is 14.8. The molecule has 2 fully saturated rings. The van der Waals surface area contributed by atoms with Gasteiger partial charge in [-0.05, 0) is 26.2 Å². The number of rotatable bonds is 4. The standard InChI is InChI=1S/C14H27N3O2/c1-3-12(11-15)16-6-8-17(9-7-16)13(18)14(2)5-4-10-19-14/h12H,3-11,15H2,1-2H3. The van der Waals surface area contributed by atoms with Gasteiger partial charge < -0.3 is 15.4 Å². The average molecular weight is 269 g/mol. The largest absolute Gasteiger partial charge is 0.365 e. The topological polar surface area (TPSA) is 58.8 Å². The third-order valence-corrected chi connectivity index (χ3v) is 4.53. The molecular formula is C14H27N3O2. The van der Waals surface area contributed by atoms with E-state index in [4.69, 9.17) is 10.5 Å². The van der Waals surface area contributed by atoms with Gasteiger partial charge in [-0.1, -0.05) is 6.92 Å². The number of hydrogen-bond acceptors (Lipinski definition) is 4. The van der Waals surface area contributed by atoms with Gasteiger partial charge in [0.15, 0.2) is 0 Å². The molecule has 1 amide bonds. The molecule has 2 unspecified atom stereocenters. The van der Waals surface area contributed by atoms with Crippen LogP contribution >= 0.6 is 0 Å². The lowest BCUT2D eigenvalue weighted by Gasteiger charge is -2.40. The number of ether oxygens (including phenoxy) is 1. The molecule has 2 saturated heterocycles. The minimum absolute atomic E-state index is 0.172. The second-order valence-corrected chi connectivity index (χ2v) is 5.81. The van der Waals surface area contributed by atoms with E-state index in [0.717, 1.165) is 45.4 Å². The average Bonchev–Trinajstić information content (AvgIpc) is 2.88. The summed E-state index contributed by atoms with van der Waals surface area (Å²) in [6, 6.07) is 0.454. The number of piperazine rings is 1. The van der Waals surface area contributed by atoms with Crippen molar-refractivity contribution in [1.82, 2.24) is 9.80 Å². The predicted octanol–water partition coefficient (Wildman–Crippen LogP) is 0.437. The van der Waals surface area contributed by atoms with Crippen LogP contribution in [0.3, 0.4) is 0 Å². The Hall–Kier alpha value is -0.650. The third-order valence-electron chi connectivity index (χ3n) is 4.53. The minimum Gasteiger partial charge on any atom is -0.365 e. The molecule has 0 spiro atoms. The van der Waals surface area contributed by atoms with Gasteiger partial charge in [-0.25, -0.2) is 0 Å². The molecule has 2 N–H and O–H groups in total. The van der Waals surface area contributed by atoms with E-state index in [1.54, 1.807) is 0 Å². The second kappa shape index (κ2) is 6.20. The van der Waals surface area contributed by atoms with E-state index < -0.39 is 5.60 Å². The van der Waals surface area contributed by atoms with E-state index >= 15 is 0 Å². The maximum Gasteiger partial charge on any atom is 0.254 e. The maximum atomic E-state index is 12.5. The lowest BCUT2D eigenvalue weighted by molar-refractivity contribution is -0.153. The van der Waals surface area contributed by atoms with Crippen LogP contribution < -0.4 is 5.73 Å². The van der Waals surface area contributed by atoms with E-state index in [0.29, 0.717) is 19.2 Å². The smallest absolute Gasteiger partial charge is 0.254 e. The summed E-state index contributed by atoms with van der Waals surface area (Å²) in [5.41, 5.74) is 5.22. The highest BCUT2D eigenvalue weighted by atomic mass is 16.5. The molecule has 0 aromatic rings. The lowest BCUT2D eigenvalue weighted by Crippen LogP contribution is -2.57. The first-order valence-corrected chi connectivity index (χ1v) is 7.48. The molecule has 5 nitrogen and oxygen atoms in total. The van der Waals surface area contributed by atoms with Crippen molar-refractivity contribution in [2.75, 3.05) is 39.3 Å². The van der Waals surface area contributed by atoms with Crippen molar-refractivity contribution in [2.24, 2.45) is 5.73 Å². The van der Waals surface area contributed by atoms with Gasteiger partial charge in [0.05, 0.1) is 0 Å². The van der Waals surface area contributed by atoms with Crippen LogP contribution in [0.25, 0.3) is 0 Å². The summed E-state index contributed by atoms with van der Waals surface area (Å²) in [6.45, 7) is 8.97. The van der Waals surface area contributed by atoms with Crippen molar-refractivity contribution in [2.45, 2.75) is 44.8 Å². The van der Waals surface area contributed by atoms with E-state index in [1.165, 1.54) is 0 Å². The van der Waals surface area contributed by atoms with Crippen LogP contribution in [0.15, 0.2) is 0 Å². The van der Waals surface area contributed by atoms with Crippen LogP contribution in [0.5, 0.6) is 0 Å². The molecule has 5 heteroatoms. The van der Waals surface area contributed by atoms with Gasteiger partial charge in [0.1, 0.15) is 5.60 Å². The summed E-state index contributed by atoms with van der Waals surface area (Å²) in [5.74, 6) is 0.172. The van der Waals surface area contributed by atoms with Crippen molar-refractivity contribution in [1.29, 1.82) is 0 Å². The Balaban J connectivity index is 1.87. The first-order valence-electron chi connectivity index (χ1n) is 7.48. The van der Waals surface area contributed by atoms with Gasteiger partial charge in [-0.15, -0.1) is 0 Å². The van der Waals surface area contributed by atoms with Crippen LogP contribution in [0.4, 0.5) is 0 Å². The first-order chi connectivity index (χ1) is 9.10. The number of carbonyl (C=O) groups is 1. The lowest BCUT2D eigenvalue weighted by atomic mass is 10.0. The van der Waals surface area contributed by atoms with E-state index in [-0.39, 0.29) is 5.91 Å².